The Bertz CT molecular complexity index is 551. The maximum absolute atomic E-state index is 6.63. The molecule has 0 bridgehead atoms. The van der Waals surface area contributed by atoms with Gasteiger partial charge in [0.1, 0.15) is 0 Å². The van der Waals surface area contributed by atoms with E-state index >= 15 is 0 Å². The molecule has 0 aliphatic heterocycles. The smallest absolute Gasteiger partial charge is 0.518 e. The van der Waals surface area contributed by atoms with Gasteiger partial charge < -0.3 is 18.4 Å². The van der Waals surface area contributed by atoms with Crippen molar-refractivity contribution in [3.63, 3.8) is 0 Å². The fourth-order valence-corrected chi connectivity index (χ4v) is 7.62. The van der Waals surface area contributed by atoms with Crippen molar-refractivity contribution in [2.24, 2.45) is 0 Å². The van der Waals surface area contributed by atoms with Crippen molar-refractivity contribution in [3.05, 3.63) is 80.7 Å². The van der Waals surface area contributed by atoms with Crippen LogP contribution in [0, 0.1) is 14.0 Å². The molecule has 0 fully saturated rings. The van der Waals surface area contributed by atoms with Gasteiger partial charge in [-0.05, 0) is 21.8 Å². The van der Waals surface area contributed by atoms with Gasteiger partial charge in [0, 0.05) is 6.61 Å². The molecule has 0 unspecified atom stereocenters. The fourth-order valence-electron chi connectivity index (χ4n) is 3.04. The number of rotatable bonds is 6. The first-order chi connectivity index (χ1) is 10.5. The van der Waals surface area contributed by atoms with Gasteiger partial charge in [-0.25, -0.2) is 0 Å². The summed E-state index contributed by atoms with van der Waals surface area (Å²) >= 11 is 0. The summed E-state index contributed by atoms with van der Waals surface area (Å²) in [5, 5.41) is 2.65. The third-order valence-corrected chi connectivity index (χ3v) is 9.06. The van der Waals surface area contributed by atoms with Gasteiger partial charge in [-0.2, -0.15) is 0 Å². The van der Waals surface area contributed by atoms with Gasteiger partial charge in [0.05, 0.1) is 0 Å². The minimum absolute atomic E-state index is 0. The van der Waals surface area contributed by atoms with E-state index in [0.717, 1.165) is 6.42 Å². The predicted molar refractivity (Wildman–Crippen MR) is 103 cm³/mol. The largest absolute Gasteiger partial charge is 2.00 e. The van der Waals surface area contributed by atoms with E-state index in [1.807, 2.05) is 0 Å². The van der Waals surface area contributed by atoms with Crippen LogP contribution in [0.2, 0.25) is 5.04 Å². The van der Waals surface area contributed by atoms with E-state index in [1.165, 1.54) is 10.4 Å². The molecule has 24 heavy (non-hydrogen) atoms. The third kappa shape index (κ3) is 4.75. The molecule has 2 aromatic carbocycles. The summed E-state index contributed by atoms with van der Waals surface area (Å²) in [7, 11) is -2.36. The summed E-state index contributed by atoms with van der Waals surface area (Å²) in [6, 6.07) is 21.3. The van der Waals surface area contributed by atoms with E-state index in [9.17, 15) is 0 Å². The van der Waals surface area contributed by atoms with Crippen LogP contribution in [0.5, 0.6) is 0 Å². The van der Waals surface area contributed by atoms with Gasteiger partial charge >= 0.3 is 19.5 Å². The van der Waals surface area contributed by atoms with Crippen LogP contribution in [0.25, 0.3) is 0 Å². The minimum Gasteiger partial charge on any atom is -0.518 e. The Morgan fingerprint density at radius 2 is 1.33 bits per heavy atom. The van der Waals surface area contributed by atoms with E-state index in [-0.39, 0.29) is 31.9 Å². The van der Waals surface area contributed by atoms with Crippen molar-refractivity contribution >= 4 is 18.7 Å². The molecule has 2 aromatic rings. The molecule has 124 valence electrons. The van der Waals surface area contributed by atoms with Crippen molar-refractivity contribution in [3.8, 4) is 0 Å². The van der Waals surface area contributed by atoms with E-state index in [1.54, 1.807) is 6.08 Å². The van der Waals surface area contributed by atoms with Crippen molar-refractivity contribution in [1.82, 2.24) is 0 Å². The maximum atomic E-state index is 6.63. The average Bonchev–Trinajstić information content (AvgIpc) is 2.52. The van der Waals surface area contributed by atoms with Gasteiger partial charge in [-0.15, -0.1) is 0 Å². The quantitative estimate of drug-likeness (QED) is 0.404. The molecule has 0 radical (unpaired) electrons. The average molecular weight is 390 g/mol. The number of hydrogen-bond donors (Lipinski definition) is 0. The van der Waals surface area contributed by atoms with Crippen LogP contribution in [0.3, 0.4) is 0 Å². The van der Waals surface area contributed by atoms with Gasteiger partial charge in [-0.3, -0.25) is 6.08 Å². The summed E-state index contributed by atoms with van der Waals surface area (Å²) in [5.41, 5.74) is 0. The molecule has 0 atom stereocenters. The zero-order chi connectivity index (χ0) is 16.1. The summed E-state index contributed by atoms with van der Waals surface area (Å²) in [4.78, 5) is 0. The molecule has 0 amide bonds. The summed E-state index contributed by atoms with van der Waals surface area (Å²) < 4.78 is 6.63. The van der Waals surface area contributed by atoms with E-state index in [2.05, 4.69) is 81.4 Å². The Hall–Kier alpha value is -1.02. The van der Waals surface area contributed by atoms with Crippen LogP contribution in [-0.4, -0.2) is 14.9 Å². The third-order valence-electron chi connectivity index (χ3n) is 4.02. The van der Waals surface area contributed by atoms with Crippen molar-refractivity contribution in [2.45, 2.75) is 32.2 Å². The second kappa shape index (κ2) is 10.1. The van der Waals surface area contributed by atoms with E-state index in [0.29, 0.717) is 6.61 Å². The van der Waals surface area contributed by atoms with Crippen molar-refractivity contribution in [1.29, 1.82) is 0 Å². The summed E-state index contributed by atoms with van der Waals surface area (Å²) in [6.07, 6.45) is 2.45. The molecule has 0 spiro atoms. The minimum atomic E-state index is -2.36. The van der Waals surface area contributed by atoms with Gasteiger partial charge in [-0.1, -0.05) is 81.4 Å². The van der Waals surface area contributed by atoms with Gasteiger partial charge in [0.15, 0.2) is 0 Å². The van der Waals surface area contributed by atoms with Crippen molar-refractivity contribution in [2.75, 3.05) is 6.61 Å². The zero-order valence-electron chi connectivity index (χ0n) is 15.5. The Labute approximate surface area is 162 Å². The molecule has 3 heteroatoms. The molecule has 0 heterocycles. The first-order valence-corrected chi connectivity index (χ1v) is 9.71. The number of benzene rings is 2. The second-order valence-electron chi connectivity index (χ2n) is 6.54. The monoisotopic (exact) mass is 388 g/mol. The fraction of sp³-hybridized carbons (Fsp3) is 0.286. The molecule has 0 saturated carbocycles. The van der Waals surface area contributed by atoms with E-state index < -0.39 is 8.32 Å². The van der Waals surface area contributed by atoms with Crippen LogP contribution in [0.15, 0.2) is 66.7 Å². The first-order valence-electron chi connectivity index (χ1n) is 7.81. The van der Waals surface area contributed by atoms with Crippen LogP contribution in [0.1, 0.15) is 27.2 Å². The Balaban J connectivity index is 0.00000264. The molecule has 0 aromatic heterocycles. The summed E-state index contributed by atoms with van der Waals surface area (Å²) in [5.74, 6) is 0. The number of hydrogen-bond acceptors (Lipinski definition) is 1. The van der Waals surface area contributed by atoms with Crippen LogP contribution >= 0.6 is 0 Å². The summed E-state index contributed by atoms with van der Waals surface area (Å²) in [6.45, 7) is 13.1. The molecule has 0 N–H and O–H groups in total. The molecule has 2 rings (SSSR count). The molecular weight excluding hydrogens is 362 g/mol. The second-order valence-corrected chi connectivity index (χ2v) is 10.8. The van der Waals surface area contributed by atoms with Crippen LogP contribution in [-0.2, 0) is 23.9 Å². The maximum Gasteiger partial charge on any atom is 2.00 e. The molecule has 0 saturated heterocycles. The Morgan fingerprint density at radius 3 is 1.67 bits per heavy atom. The first kappa shape index (κ1) is 23.0. The predicted octanol–water partition coefficient (Wildman–Crippen LogP) is 4.39. The zero-order valence-corrected chi connectivity index (χ0v) is 19.4. The van der Waals surface area contributed by atoms with Crippen molar-refractivity contribution < 1.29 is 23.9 Å². The van der Waals surface area contributed by atoms with Crippen LogP contribution in [0.4, 0.5) is 0 Å². The van der Waals surface area contributed by atoms with E-state index in [4.69, 9.17) is 11.0 Å². The Kier molecular flexibility index (Phi) is 9.65. The normalized spacial score (nSPS) is 11.1. The standard InChI is InChI=1S/C20H25OSi.CH3.Zn/c1-5-6-17-21-22(20(2,3)4,18-13-9-7-10-14-18)19-15-11-8-12-16-19;;/h1,5,7-16H,6,17H2,2-4H3;1H3;/q2*-1;+2. The molecular formula is C21H28OSiZn. The molecule has 0 aliphatic carbocycles. The SMILES string of the molecule is [CH-]=CCCO[Si](c1ccccc1)(c1ccccc1)C(C)(C)C.[CH3-].[Zn+2]. The molecule has 0 aliphatic rings. The Morgan fingerprint density at radius 1 is 0.917 bits per heavy atom. The molecule has 1 nitrogen and oxygen atoms in total. The van der Waals surface area contributed by atoms with Gasteiger partial charge in [0.25, 0.3) is 8.32 Å². The van der Waals surface area contributed by atoms with Gasteiger partial charge in [0.2, 0.25) is 0 Å². The topological polar surface area (TPSA) is 9.23 Å². The van der Waals surface area contributed by atoms with Crippen LogP contribution < -0.4 is 10.4 Å².